The highest BCUT2D eigenvalue weighted by Gasteiger charge is 2.17. The first-order valence-corrected chi connectivity index (χ1v) is 7.21. The molecule has 1 heterocycles. The molecule has 20 heavy (non-hydrogen) atoms. The minimum Gasteiger partial charge on any atom is -0.316 e. The predicted octanol–water partition coefficient (Wildman–Crippen LogP) is 3.61. The third-order valence-corrected chi connectivity index (χ3v) is 3.85. The normalized spacial score (nSPS) is 10.1. The summed E-state index contributed by atoms with van der Waals surface area (Å²) in [6.45, 7) is 0. The van der Waals surface area contributed by atoms with Crippen LogP contribution in [0.3, 0.4) is 0 Å². The first-order valence-electron chi connectivity index (χ1n) is 5.34. The van der Waals surface area contributed by atoms with E-state index in [9.17, 15) is 14.9 Å². The van der Waals surface area contributed by atoms with Gasteiger partial charge < -0.3 is 5.32 Å². The average Bonchev–Trinajstić information content (AvgIpc) is 2.41. The molecule has 6 nitrogen and oxygen atoms in total. The van der Waals surface area contributed by atoms with Crippen LogP contribution in [-0.2, 0) is 0 Å². The molecular weight excluding hydrogens is 441 g/mol. The van der Waals surface area contributed by atoms with Crippen molar-refractivity contribution >= 4 is 55.8 Å². The van der Waals surface area contributed by atoms with Crippen LogP contribution in [0, 0.1) is 13.7 Å². The minimum absolute atomic E-state index is 0.116. The van der Waals surface area contributed by atoms with Gasteiger partial charge in [-0.1, -0.05) is 15.9 Å². The van der Waals surface area contributed by atoms with E-state index in [0.717, 1.165) is 14.2 Å². The molecule has 2 rings (SSSR count). The Labute approximate surface area is 136 Å². The van der Waals surface area contributed by atoms with E-state index >= 15 is 0 Å². The van der Waals surface area contributed by atoms with E-state index in [0.29, 0.717) is 5.56 Å². The fourth-order valence-corrected chi connectivity index (χ4v) is 2.44. The Hall–Kier alpha value is -1.55. The maximum atomic E-state index is 12.2. The van der Waals surface area contributed by atoms with Crippen LogP contribution in [0.25, 0.3) is 0 Å². The van der Waals surface area contributed by atoms with E-state index in [4.69, 9.17) is 0 Å². The number of nitrogens with one attached hydrogen (secondary N) is 1. The molecule has 8 heteroatoms. The summed E-state index contributed by atoms with van der Waals surface area (Å²) < 4.78 is 1.51. The molecule has 2 aromatic rings. The highest BCUT2D eigenvalue weighted by molar-refractivity contribution is 14.1. The second-order valence-corrected chi connectivity index (χ2v) is 5.81. The number of amides is 1. The van der Waals surface area contributed by atoms with Crippen LogP contribution in [0.5, 0.6) is 0 Å². The van der Waals surface area contributed by atoms with Crippen molar-refractivity contribution in [2.75, 3.05) is 5.32 Å². The number of nitro groups is 1. The summed E-state index contributed by atoms with van der Waals surface area (Å²) in [6.07, 6.45) is 2.48. The second-order valence-electron chi connectivity index (χ2n) is 3.73. The zero-order chi connectivity index (χ0) is 14.7. The minimum atomic E-state index is -0.589. The highest BCUT2D eigenvalue weighted by Crippen LogP contribution is 2.24. The van der Waals surface area contributed by atoms with Gasteiger partial charge in [-0.25, -0.2) is 0 Å². The van der Waals surface area contributed by atoms with E-state index < -0.39 is 10.8 Å². The summed E-state index contributed by atoms with van der Waals surface area (Å²) in [5.74, 6) is -0.412. The molecule has 1 N–H and O–H groups in total. The van der Waals surface area contributed by atoms with Gasteiger partial charge in [0.25, 0.3) is 5.91 Å². The third kappa shape index (κ3) is 3.31. The monoisotopic (exact) mass is 447 g/mol. The van der Waals surface area contributed by atoms with Crippen molar-refractivity contribution in [3.63, 3.8) is 0 Å². The van der Waals surface area contributed by atoms with E-state index in [1.54, 1.807) is 12.1 Å². The molecule has 0 saturated carbocycles. The van der Waals surface area contributed by atoms with Crippen LogP contribution in [0.15, 0.2) is 41.1 Å². The van der Waals surface area contributed by atoms with Crippen LogP contribution in [0.4, 0.5) is 11.4 Å². The molecular formula is C12H7BrIN3O3. The topological polar surface area (TPSA) is 85.1 Å². The SMILES string of the molecule is O=C(Nc1ccncc1[N+](=O)[O-])c1cc(Br)ccc1I. The lowest BCUT2D eigenvalue weighted by Crippen LogP contribution is -2.14. The van der Waals surface area contributed by atoms with Crippen LogP contribution >= 0.6 is 38.5 Å². The molecule has 0 aliphatic heterocycles. The van der Waals surface area contributed by atoms with Gasteiger partial charge in [-0.05, 0) is 46.9 Å². The van der Waals surface area contributed by atoms with Crippen molar-refractivity contribution in [2.45, 2.75) is 0 Å². The maximum absolute atomic E-state index is 12.2. The zero-order valence-electron chi connectivity index (χ0n) is 9.84. The fourth-order valence-electron chi connectivity index (χ4n) is 1.50. The molecule has 0 aliphatic carbocycles. The summed E-state index contributed by atoms with van der Waals surface area (Å²) in [4.78, 5) is 26.1. The molecule has 0 bridgehead atoms. The molecule has 0 atom stereocenters. The van der Waals surface area contributed by atoms with E-state index in [-0.39, 0.29) is 11.4 Å². The summed E-state index contributed by atoms with van der Waals surface area (Å²) >= 11 is 5.32. The van der Waals surface area contributed by atoms with Crippen LogP contribution in [0.1, 0.15) is 10.4 Å². The molecule has 1 amide bonds. The first-order chi connectivity index (χ1) is 9.49. The van der Waals surface area contributed by atoms with Crippen molar-refractivity contribution in [2.24, 2.45) is 0 Å². The molecule has 102 valence electrons. The quantitative estimate of drug-likeness (QED) is 0.442. The molecule has 0 saturated heterocycles. The van der Waals surface area contributed by atoms with Gasteiger partial charge in [-0.3, -0.25) is 19.9 Å². The van der Waals surface area contributed by atoms with Crippen molar-refractivity contribution in [3.05, 3.63) is 60.4 Å². The molecule has 0 radical (unpaired) electrons. The second kappa shape index (κ2) is 6.27. The smallest absolute Gasteiger partial charge is 0.310 e. The molecule has 0 aliphatic rings. The Morgan fingerprint density at radius 3 is 2.85 bits per heavy atom. The largest absolute Gasteiger partial charge is 0.316 e. The number of halogens is 2. The highest BCUT2D eigenvalue weighted by atomic mass is 127. The van der Waals surface area contributed by atoms with Crippen molar-refractivity contribution in [3.8, 4) is 0 Å². The van der Waals surface area contributed by atoms with Crippen LogP contribution < -0.4 is 5.32 Å². The number of nitrogens with zero attached hydrogens (tertiary/aromatic N) is 2. The van der Waals surface area contributed by atoms with Gasteiger partial charge in [0.15, 0.2) is 0 Å². The van der Waals surface area contributed by atoms with Crippen LogP contribution in [0.2, 0.25) is 0 Å². The number of hydrogen-bond donors (Lipinski definition) is 1. The number of carbonyl (C=O) groups is 1. The lowest BCUT2D eigenvalue weighted by atomic mass is 10.2. The number of aromatic nitrogens is 1. The number of pyridine rings is 1. The van der Waals surface area contributed by atoms with Gasteiger partial charge in [0.1, 0.15) is 11.9 Å². The Kier molecular flexibility index (Phi) is 4.65. The Morgan fingerprint density at radius 2 is 2.15 bits per heavy atom. The molecule has 0 fully saturated rings. The molecule has 0 spiro atoms. The number of benzene rings is 1. The van der Waals surface area contributed by atoms with E-state index in [1.165, 1.54) is 12.3 Å². The van der Waals surface area contributed by atoms with Gasteiger partial charge in [0.2, 0.25) is 0 Å². The summed E-state index contributed by atoms with van der Waals surface area (Å²) in [5.41, 5.74) is 0.308. The van der Waals surface area contributed by atoms with Crippen molar-refractivity contribution in [1.29, 1.82) is 0 Å². The summed E-state index contributed by atoms with van der Waals surface area (Å²) in [6, 6.07) is 6.64. The number of rotatable bonds is 3. The molecule has 0 unspecified atom stereocenters. The van der Waals surface area contributed by atoms with Crippen molar-refractivity contribution < 1.29 is 9.72 Å². The standard InChI is InChI=1S/C12H7BrIN3O3/c13-7-1-2-9(14)8(5-7)12(18)16-10-3-4-15-6-11(10)17(19)20/h1-6H,(H,15,16,18). The lowest BCUT2D eigenvalue weighted by molar-refractivity contribution is -0.384. The van der Waals surface area contributed by atoms with Gasteiger partial charge in [0.05, 0.1) is 10.5 Å². The van der Waals surface area contributed by atoms with Gasteiger partial charge in [-0.2, -0.15) is 0 Å². The predicted molar refractivity (Wildman–Crippen MR) is 85.7 cm³/mol. The molecule has 1 aromatic heterocycles. The maximum Gasteiger partial charge on any atom is 0.310 e. The third-order valence-electron chi connectivity index (χ3n) is 2.42. The fraction of sp³-hybridized carbons (Fsp3) is 0. The van der Waals surface area contributed by atoms with E-state index in [2.05, 4.69) is 26.2 Å². The number of hydrogen-bond acceptors (Lipinski definition) is 4. The summed E-state index contributed by atoms with van der Waals surface area (Å²) in [5, 5.41) is 13.4. The Bertz CT molecular complexity index is 693. The van der Waals surface area contributed by atoms with Crippen molar-refractivity contribution in [1.82, 2.24) is 4.98 Å². The average molecular weight is 448 g/mol. The lowest BCUT2D eigenvalue weighted by Gasteiger charge is -2.07. The number of anilines is 1. The molecule has 1 aromatic carbocycles. The Balaban J connectivity index is 2.33. The van der Waals surface area contributed by atoms with Gasteiger partial charge >= 0.3 is 5.69 Å². The van der Waals surface area contributed by atoms with Gasteiger partial charge in [0, 0.05) is 14.2 Å². The summed E-state index contributed by atoms with van der Waals surface area (Å²) in [7, 11) is 0. The number of carbonyl (C=O) groups excluding carboxylic acids is 1. The van der Waals surface area contributed by atoms with Crippen LogP contribution in [-0.4, -0.2) is 15.8 Å². The zero-order valence-corrected chi connectivity index (χ0v) is 13.6. The van der Waals surface area contributed by atoms with Gasteiger partial charge in [-0.15, -0.1) is 0 Å². The first kappa shape index (κ1) is 14.9. The van der Waals surface area contributed by atoms with E-state index in [1.807, 2.05) is 28.7 Å². The Morgan fingerprint density at radius 1 is 1.40 bits per heavy atom.